The first kappa shape index (κ1) is 15.5. The number of amides is 1. The minimum atomic E-state index is -1.05. The molecule has 0 unspecified atom stereocenters. The molecule has 0 aliphatic carbocycles. The molecule has 2 N–H and O–H groups in total. The molecular formula is C13H19NO4S. The average molecular weight is 285 g/mol. The number of carbonyl (C=O) groups is 2. The number of aliphatic carboxylic acids is 1. The van der Waals surface area contributed by atoms with Gasteiger partial charge in [0.1, 0.15) is 11.6 Å². The summed E-state index contributed by atoms with van der Waals surface area (Å²) in [6.45, 7) is 5.19. The second-order valence-corrected chi connectivity index (χ2v) is 6.19. The van der Waals surface area contributed by atoms with Crippen molar-refractivity contribution in [3.8, 4) is 0 Å². The van der Waals surface area contributed by atoms with Crippen LogP contribution >= 0.6 is 11.3 Å². The highest BCUT2D eigenvalue weighted by atomic mass is 32.1. The van der Waals surface area contributed by atoms with E-state index in [9.17, 15) is 9.59 Å². The van der Waals surface area contributed by atoms with Gasteiger partial charge in [-0.3, -0.25) is 0 Å². The molecule has 0 radical (unpaired) electrons. The topological polar surface area (TPSA) is 75.6 Å². The van der Waals surface area contributed by atoms with E-state index in [0.29, 0.717) is 12.8 Å². The fraction of sp³-hybridized carbons (Fsp3) is 0.538. The molecule has 19 heavy (non-hydrogen) atoms. The van der Waals surface area contributed by atoms with Gasteiger partial charge in [-0.1, -0.05) is 6.07 Å². The number of thiophene rings is 1. The molecule has 1 aromatic heterocycles. The second kappa shape index (κ2) is 6.56. The third kappa shape index (κ3) is 6.24. The van der Waals surface area contributed by atoms with Crippen LogP contribution in [0.2, 0.25) is 0 Å². The van der Waals surface area contributed by atoms with Crippen molar-refractivity contribution in [3.05, 3.63) is 22.4 Å². The maximum atomic E-state index is 11.5. The molecule has 0 bridgehead atoms. The Kier molecular flexibility index (Phi) is 5.35. The minimum absolute atomic E-state index is 0.342. The van der Waals surface area contributed by atoms with Crippen LogP contribution in [0.5, 0.6) is 0 Å². The molecular weight excluding hydrogens is 266 g/mol. The van der Waals surface area contributed by atoms with Gasteiger partial charge in [0, 0.05) is 4.88 Å². The second-order valence-electron chi connectivity index (χ2n) is 5.16. The van der Waals surface area contributed by atoms with Gasteiger partial charge in [-0.15, -0.1) is 11.3 Å². The van der Waals surface area contributed by atoms with E-state index in [2.05, 4.69) is 5.32 Å². The minimum Gasteiger partial charge on any atom is -0.480 e. The molecule has 0 fully saturated rings. The SMILES string of the molecule is CC(C)(C)OC(=O)N[C@@H](CCc1cccs1)C(=O)O. The van der Waals surface area contributed by atoms with Gasteiger partial charge in [-0.2, -0.15) is 0 Å². The first-order chi connectivity index (χ1) is 8.78. The summed E-state index contributed by atoms with van der Waals surface area (Å²) in [6, 6.07) is 2.92. The predicted molar refractivity (Wildman–Crippen MR) is 73.4 cm³/mol. The van der Waals surface area contributed by atoms with Crippen molar-refractivity contribution in [1.29, 1.82) is 0 Å². The highest BCUT2D eigenvalue weighted by molar-refractivity contribution is 7.09. The lowest BCUT2D eigenvalue weighted by atomic mass is 10.1. The van der Waals surface area contributed by atoms with Gasteiger partial charge >= 0.3 is 12.1 Å². The number of carboxylic acids is 1. The molecule has 1 heterocycles. The van der Waals surface area contributed by atoms with E-state index < -0.39 is 23.7 Å². The van der Waals surface area contributed by atoms with Crippen LogP contribution in [-0.2, 0) is 16.0 Å². The lowest BCUT2D eigenvalue weighted by molar-refractivity contribution is -0.139. The number of ether oxygens (including phenoxy) is 1. The molecule has 0 aromatic carbocycles. The van der Waals surface area contributed by atoms with E-state index in [1.807, 2.05) is 17.5 Å². The molecule has 106 valence electrons. The summed E-state index contributed by atoms with van der Waals surface area (Å²) in [6.07, 6.45) is 0.255. The number of hydrogen-bond acceptors (Lipinski definition) is 4. The first-order valence-electron chi connectivity index (χ1n) is 6.02. The van der Waals surface area contributed by atoms with Crippen molar-refractivity contribution in [2.75, 3.05) is 0 Å². The largest absolute Gasteiger partial charge is 0.480 e. The Hall–Kier alpha value is -1.56. The average Bonchev–Trinajstić information content (AvgIpc) is 2.73. The Labute approximate surface area is 116 Å². The Bertz CT molecular complexity index is 422. The normalized spacial score (nSPS) is 12.8. The molecule has 0 spiro atoms. The number of aryl methyl sites for hydroxylation is 1. The number of hydrogen-bond donors (Lipinski definition) is 2. The predicted octanol–water partition coefficient (Wildman–Crippen LogP) is 2.66. The molecule has 0 aliphatic rings. The Morgan fingerprint density at radius 1 is 1.47 bits per heavy atom. The smallest absolute Gasteiger partial charge is 0.408 e. The summed E-state index contributed by atoms with van der Waals surface area (Å²) in [7, 11) is 0. The van der Waals surface area contributed by atoms with Crippen LogP contribution in [0.4, 0.5) is 4.79 Å². The van der Waals surface area contributed by atoms with Gasteiger partial charge in [0.25, 0.3) is 0 Å². The Balaban J connectivity index is 2.49. The Morgan fingerprint density at radius 3 is 2.63 bits per heavy atom. The van der Waals surface area contributed by atoms with Crippen molar-refractivity contribution in [2.45, 2.75) is 45.3 Å². The van der Waals surface area contributed by atoms with E-state index in [4.69, 9.17) is 9.84 Å². The van der Waals surface area contributed by atoms with E-state index in [0.717, 1.165) is 4.88 Å². The molecule has 1 rings (SSSR count). The molecule has 0 saturated carbocycles. The number of carbonyl (C=O) groups excluding carboxylic acids is 1. The number of nitrogens with one attached hydrogen (secondary N) is 1. The summed E-state index contributed by atoms with van der Waals surface area (Å²) < 4.78 is 5.04. The quantitative estimate of drug-likeness (QED) is 0.872. The van der Waals surface area contributed by atoms with Crippen LogP contribution < -0.4 is 5.32 Å². The summed E-state index contributed by atoms with van der Waals surface area (Å²) in [5.74, 6) is -1.05. The number of rotatable bonds is 5. The van der Waals surface area contributed by atoms with Crippen LogP contribution in [0.15, 0.2) is 17.5 Å². The monoisotopic (exact) mass is 285 g/mol. The molecule has 6 heteroatoms. The fourth-order valence-corrected chi connectivity index (χ4v) is 2.17. The van der Waals surface area contributed by atoms with Crippen LogP contribution in [0.25, 0.3) is 0 Å². The van der Waals surface area contributed by atoms with Gasteiger partial charge < -0.3 is 15.2 Å². The maximum Gasteiger partial charge on any atom is 0.408 e. The maximum absolute atomic E-state index is 11.5. The summed E-state index contributed by atoms with van der Waals surface area (Å²) in [5.41, 5.74) is -0.638. The Morgan fingerprint density at radius 2 is 2.16 bits per heavy atom. The molecule has 0 aliphatic heterocycles. The van der Waals surface area contributed by atoms with Gasteiger partial charge in [-0.05, 0) is 45.1 Å². The lowest BCUT2D eigenvalue weighted by Crippen LogP contribution is -2.43. The van der Waals surface area contributed by atoms with Crippen molar-refractivity contribution < 1.29 is 19.4 Å². The first-order valence-corrected chi connectivity index (χ1v) is 6.90. The van der Waals surface area contributed by atoms with Crippen molar-refractivity contribution in [2.24, 2.45) is 0 Å². The highest BCUT2D eigenvalue weighted by Crippen LogP contribution is 2.13. The van der Waals surface area contributed by atoms with Gasteiger partial charge in [0.2, 0.25) is 0 Å². The van der Waals surface area contributed by atoms with Crippen molar-refractivity contribution in [1.82, 2.24) is 5.32 Å². The van der Waals surface area contributed by atoms with Crippen LogP contribution in [0.3, 0.4) is 0 Å². The molecule has 1 aromatic rings. The molecule has 1 atom stereocenters. The van der Waals surface area contributed by atoms with Crippen LogP contribution in [0.1, 0.15) is 32.1 Å². The van der Waals surface area contributed by atoms with Crippen molar-refractivity contribution in [3.63, 3.8) is 0 Å². The van der Waals surface area contributed by atoms with Gasteiger partial charge in [-0.25, -0.2) is 9.59 Å². The van der Waals surface area contributed by atoms with Gasteiger partial charge in [0.15, 0.2) is 0 Å². The molecule has 0 saturated heterocycles. The summed E-state index contributed by atoms with van der Waals surface area (Å²) in [4.78, 5) is 23.7. The van der Waals surface area contributed by atoms with E-state index in [1.165, 1.54) is 0 Å². The molecule has 1 amide bonds. The third-order valence-corrected chi connectivity index (χ3v) is 3.18. The van der Waals surface area contributed by atoms with Gasteiger partial charge in [0.05, 0.1) is 0 Å². The van der Waals surface area contributed by atoms with Crippen LogP contribution in [-0.4, -0.2) is 28.8 Å². The van der Waals surface area contributed by atoms with E-state index in [-0.39, 0.29) is 0 Å². The zero-order valence-corrected chi connectivity index (χ0v) is 12.1. The summed E-state index contributed by atoms with van der Waals surface area (Å²) in [5, 5.41) is 13.4. The van der Waals surface area contributed by atoms with Crippen LogP contribution in [0, 0.1) is 0 Å². The third-order valence-electron chi connectivity index (χ3n) is 2.25. The summed E-state index contributed by atoms with van der Waals surface area (Å²) >= 11 is 1.57. The zero-order chi connectivity index (χ0) is 14.5. The highest BCUT2D eigenvalue weighted by Gasteiger charge is 2.23. The zero-order valence-electron chi connectivity index (χ0n) is 11.3. The van der Waals surface area contributed by atoms with E-state index >= 15 is 0 Å². The lowest BCUT2D eigenvalue weighted by Gasteiger charge is -2.21. The van der Waals surface area contributed by atoms with E-state index in [1.54, 1.807) is 32.1 Å². The number of alkyl carbamates (subject to hydrolysis) is 1. The number of carboxylic acid groups (broad SMARTS) is 1. The standard InChI is InChI=1S/C13H19NO4S/c1-13(2,3)18-12(17)14-10(11(15)16)7-6-9-5-4-8-19-9/h4-5,8,10H,6-7H2,1-3H3,(H,14,17)(H,15,16)/t10-/m0/s1. The molecule has 5 nitrogen and oxygen atoms in total. The fourth-order valence-electron chi connectivity index (χ4n) is 1.45. The van der Waals surface area contributed by atoms with Crippen molar-refractivity contribution >= 4 is 23.4 Å².